The Bertz CT molecular complexity index is 1180. The summed E-state index contributed by atoms with van der Waals surface area (Å²) in [6.45, 7) is 0.785. The van der Waals surface area contributed by atoms with Gasteiger partial charge in [-0.25, -0.2) is 0 Å². The van der Waals surface area contributed by atoms with Gasteiger partial charge in [0.15, 0.2) is 5.96 Å². The zero-order valence-corrected chi connectivity index (χ0v) is 24.4. The van der Waals surface area contributed by atoms with Crippen molar-refractivity contribution in [3.8, 4) is 0 Å². The summed E-state index contributed by atoms with van der Waals surface area (Å²) >= 11 is 0. The molecule has 2 rings (SSSR count). The van der Waals surface area contributed by atoms with E-state index in [0.29, 0.717) is 38.8 Å². The highest BCUT2D eigenvalue weighted by molar-refractivity contribution is 5.94. The number of hydrogen-bond acceptors (Lipinski definition) is 7. The zero-order chi connectivity index (χ0) is 31.6. The van der Waals surface area contributed by atoms with Crippen molar-refractivity contribution >= 4 is 29.6 Å². The average Bonchev–Trinajstić information content (AvgIpc) is 2.98. The van der Waals surface area contributed by atoms with Crippen molar-refractivity contribution < 1.29 is 19.2 Å². The van der Waals surface area contributed by atoms with Crippen LogP contribution >= 0.6 is 0 Å². The minimum absolute atomic E-state index is 0.159. The molecule has 4 atom stereocenters. The number of carbonyl (C=O) groups is 4. The fourth-order valence-electron chi connectivity index (χ4n) is 4.39. The van der Waals surface area contributed by atoms with Crippen LogP contribution in [0.4, 0.5) is 0 Å². The highest BCUT2D eigenvalue weighted by Crippen LogP contribution is 2.09. The number of unbranched alkanes of at least 4 members (excludes halogenated alkanes) is 1. The molecular formula is C30H45N9O4. The Morgan fingerprint density at radius 1 is 0.674 bits per heavy atom. The van der Waals surface area contributed by atoms with Crippen molar-refractivity contribution in [3.63, 3.8) is 0 Å². The summed E-state index contributed by atoms with van der Waals surface area (Å²) in [5, 5.41) is 18.0. The maximum Gasteiger partial charge on any atom is 0.243 e. The molecule has 0 heterocycles. The first-order chi connectivity index (χ1) is 20.6. The van der Waals surface area contributed by atoms with Crippen molar-refractivity contribution in [1.29, 1.82) is 5.41 Å². The number of nitrogens with two attached hydrogens (primary N) is 4. The van der Waals surface area contributed by atoms with E-state index in [0.717, 1.165) is 11.1 Å². The van der Waals surface area contributed by atoms with Crippen molar-refractivity contribution in [2.75, 3.05) is 13.1 Å². The van der Waals surface area contributed by atoms with Gasteiger partial charge in [-0.2, -0.15) is 0 Å². The molecule has 0 saturated heterocycles. The lowest BCUT2D eigenvalue weighted by Gasteiger charge is -2.26. The molecule has 13 nitrogen and oxygen atoms in total. The summed E-state index contributed by atoms with van der Waals surface area (Å²) in [7, 11) is 0. The summed E-state index contributed by atoms with van der Waals surface area (Å²) < 4.78 is 0. The molecule has 0 fully saturated rings. The number of nitrogens with one attached hydrogen (secondary N) is 5. The van der Waals surface area contributed by atoms with Crippen LogP contribution in [0.2, 0.25) is 0 Å². The fourth-order valence-corrected chi connectivity index (χ4v) is 4.39. The molecule has 4 amide bonds. The maximum absolute atomic E-state index is 13.6. The Labute approximate surface area is 252 Å². The molecule has 0 radical (unpaired) electrons. The largest absolute Gasteiger partial charge is 0.370 e. The minimum atomic E-state index is -1.03. The molecule has 0 spiro atoms. The van der Waals surface area contributed by atoms with E-state index >= 15 is 0 Å². The van der Waals surface area contributed by atoms with Crippen LogP contribution in [0.1, 0.15) is 43.2 Å². The van der Waals surface area contributed by atoms with Crippen molar-refractivity contribution in [2.45, 2.75) is 69.1 Å². The average molecular weight is 596 g/mol. The summed E-state index contributed by atoms with van der Waals surface area (Å²) in [6, 6.07) is 14.3. The van der Waals surface area contributed by atoms with Crippen LogP contribution in [0.5, 0.6) is 0 Å². The van der Waals surface area contributed by atoms with Crippen LogP contribution in [0.15, 0.2) is 60.7 Å². The molecule has 0 aliphatic heterocycles. The number of hydrogen-bond donors (Lipinski definition) is 9. The van der Waals surface area contributed by atoms with Crippen molar-refractivity contribution in [2.24, 2.45) is 22.9 Å². The normalized spacial score (nSPS) is 13.5. The second-order valence-corrected chi connectivity index (χ2v) is 10.3. The summed E-state index contributed by atoms with van der Waals surface area (Å²) in [5.74, 6) is -2.55. The van der Waals surface area contributed by atoms with Gasteiger partial charge < -0.3 is 44.2 Å². The van der Waals surface area contributed by atoms with Gasteiger partial charge in [0, 0.05) is 19.4 Å². The molecule has 0 saturated carbocycles. The molecule has 0 aliphatic rings. The molecular weight excluding hydrogens is 550 g/mol. The molecule has 13 heteroatoms. The number of primary amides is 1. The van der Waals surface area contributed by atoms with Crippen LogP contribution < -0.4 is 44.2 Å². The third kappa shape index (κ3) is 13.4. The van der Waals surface area contributed by atoms with E-state index in [1.807, 2.05) is 60.7 Å². The summed E-state index contributed by atoms with van der Waals surface area (Å²) in [5.41, 5.74) is 24.2. The maximum atomic E-state index is 13.6. The van der Waals surface area contributed by atoms with E-state index in [9.17, 15) is 19.2 Å². The summed E-state index contributed by atoms with van der Waals surface area (Å²) in [6.07, 6.45) is 2.57. The Morgan fingerprint density at radius 2 is 1.19 bits per heavy atom. The number of carbonyl (C=O) groups excluding carboxylic acids is 4. The van der Waals surface area contributed by atoms with Gasteiger partial charge in [-0.1, -0.05) is 60.7 Å². The molecule has 13 N–H and O–H groups in total. The van der Waals surface area contributed by atoms with Crippen LogP contribution in [0.25, 0.3) is 0 Å². The zero-order valence-electron chi connectivity index (χ0n) is 24.4. The van der Waals surface area contributed by atoms with Crippen LogP contribution in [-0.2, 0) is 32.0 Å². The van der Waals surface area contributed by atoms with Gasteiger partial charge in [0.2, 0.25) is 23.6 Å². The molecule has 2 aromatic carbocycles. The minimum Gasteiger partial charge on any atom is -0.370 e. The van der Waals surface area contributed by atoms with Gasteiger partial charge in [0.1, 0.15) is 18.1 Å². The lowest BCUT2D eigenvalue weighted by atomic mass is 10.0. The Hall–Kier alpha value is -4.49. The van der Waals surface area contributed by atoms with Gasteiger partial charge in [0.25, 0.3) is 0 Å². The monoisotopic (exact) mass is 595 g/mol. The number of benzene rings is 2. The lowest BCUT2D eigenvalue weighted by Crippen LogP contribution is -2.58. The molecule has 0 aliphatic carbocycles. The predicted octanol–water partition coefficient (Wildman–Crippen LogP) is -0.869. The molecule has 0 bridgehead atoms. The van der Waals surface area contributed by atoms with Gasteiger partial charge in [-0.3, -0.25) is 24.6 Å². The first kappa shape index (κ1) is 34.7. The van der Waals surface area contributed by atoms with Gasteiger partial charge >= 0.3 is 0 Å². The number of guanidine groups is 1. The topological polar surface area (TPSA) is 244 Å². The summed E-state index contributed by atoms with van der Waals surface area (Å²) in [4.78, 5) is 52.1. The third-order valence-electron chi connectivity index (χ3n) is 6.78. The highest BCUT2D eigenvalue weighted by atomic mass is 16.2. The molecule has 234 valence electrons. The van der Waals surface area contributed by atoms with Crippen LogP contribution in [-0.4, -0.2) is 66.8 Å². The van der Waals surface area contributed by atoms with Gasteiger partial charge in [-0.15, -0.1) is 0 Å². The second kappa shape index (κ2) is 18.8. The van der Waals surface area contributed by atoms with E-state index in [4.69, 9.17) is 28.3 Å². The third-order valence-corrected chi connectivity index (χ3v) is 6.78. The molecule has 43 heavy (non-hydrogen) atoms. The Kier molecular flexibility index (Phi) is 15.2. The quantitative estimate of drug-likeness (QED) is 0.0560. The van der Waals surface area contributed by atoms with Crippen LogP contribution in [0, 0.1) is 5.41 Å². The van der Waals surface area contributed by atoms with E-state index in [2.05, 4.69) is 21.3 Å². The predicted molar refractivity (Wildman–Crippen MR) is 165 cm³/mol. The number of rotatable bonds is 19. The van der Waals surface area contributed by atoms with Gasteiger partial charge in [-0.05, 0) is 49.8 Å². The van der Waals surface area contributed by atoms with Crippen molar-refractivity contribution in [3.05, 3.63) is 71.8 Å². The molecule has 0 unspecified atom stereocenters. The van der Waals surface area contributed by atoms with Gasteiger partial charge in [0.05, 0.1) is 6.04 Å². The highest BCUT2D eigenvalue weighted by Gasteiger charge is 2.30. The van der Waals surface area contributed by atoms with E-state index in [1.54, 1.807) is 0 Å². The smallest absolute Gasteiger partial charge is 0.243 e. The molecule has 2 aromatic rings. The second-order valence-electron chi connectivity index (χ2n) is 10.3. The Balaban J connectivity index is 2.17. The van der Waals surface area contributed by atoms with E-state index in [-0.39, 0.29) is 25.2 Å². The standard InChI is InChI=1S/C30H45N9O4/c31-16-8-7-15-23(28(42)38-24(26(33)40)18-20-10-3-1-4-11-20)37-29(43)25(19-21-12-5-2-6-13-21)39-27(41)22(32)14-9-17-36-30(34)35/h1-6,10-13,22-25H,7-9,14-19,31-32H2,(H2,33,40)(H,37,43)(H,38,42)(H,39,41)(H4,34,35,36)/t22-,23+,24+,25-/m1/s1. The van der Waals surface area contributed by atoms with Crippen LogP contribution in [0.3, 0.4) is 0 Å². The van der Waals surface area contributed by atoms with Crippen molar-refractivity contribution in [1.82, 2.24) is 21.3 Å². The SMILES string of the molecule is N=C(N)NCCC[C@@H](N)C(=O)N[C@H](Cc1ccccc1)C(=O)N[C@@H](CCCCN)C(=O)N[C@@H](Cc1ccccc1)C(N)=O. The Morgan fingerprint density at radius 3 is 1.72 bits per heavy atom. The van der Waals surface area contributed by atoms with E-state index in [1.165, 1.54) is 0 Å². The molecule has 0 aromatic heterocycles. The fraction of sp³-hybridized carbons (Fsp3) is 0.433. The number of amides is 4. The van der Waals surface area contributed by atoms with E-state index < -0.39 is 47.8 Å². The first-order valence-electron chi connectivity index (χ1n) is 14.4. The first-order valence-corrected chi connectivity index (χ1v) is 14.4. The lowest BCUT2D eigenvalue weighted by molar-refractivity contribution is -0.133.